The molecule has 10 N–H and O–H groups in total. The van der Waals surface area contributed by atoms with E-state index in [0.717, 1.165) is 77.0 Å². The fourth-order valence-electron chi connectivity index (χ4n) is 6.98. The van der Waals surface area contributed by atoms with E-state index in [1.54, 1.807) is 6.92 Å². The van der Waals surface area contributed by atoms with Gasteiger partial charge in [-0.1, -0.05) is 77.6 Å². The second-order valence-electron chi connectivity index (χ2n) is 18.4. The SMILES string of the molecule is C[C@@H](CCCCNC(=O)COCCOCCNC(=O)COCCOCCNC(=O)COCCOCCNC(=O)COCCOCCNC(=O)CC[C@H](NC(=O)CCCCCCCCCCCCCCC(=O)O)C(=O)O)C(O)O. The van der Waals surface area contributed by atoms with E-state index in [0.29, 0.717) is 19.4 Å². The lowest BCUT2D eigenvalue weighted by Crippen LogP contribution is -2.41. The van der Waals surface area contributed by atoms with Crippen LogP contribution in [0.3, 0.4) is 0 Å². The van der Waals surface area contributed by atoms with Crippen molar-refractivity contribution in [2.45, 2.75) is 141 Å². The number of hydrogen-bond donors (Lipinski definition) is 10. The molecule has 78 heavy (non-hydrogen) atoms. The number of unbranched alkanes of at least 4 members (excludes halogenated alkanes) is 12. The van der Waals surface area contributed by atoms with Gasteiger partial charge in [0.05, 0.1) is 79.3 Å². The zero-order valence-electron chi connectivity index (χ0n) is 46.3. The summed E-state index contributed by atoms with van der Waals surface area (Å²) in [5.41, 5.74) is 0. The fraction of sp³-hybridized carbons (Fsp3) is 0.846. The summed E-state index contributed by atoms with van der Waals surface area (Å²) in [5.74, 6) is -4.10. The molecule has 0 aliphatic rings. The van der Waals surface area contributed by atoms with Crippen LogP contribution in [-0.2, 0) is 76.3 Å². The molecule has 0 aromatic heterocycles. The smallest absolute Gasteiger partial charge is 0.326 e. The predicted octanol–water partition coefficient (Wildman–Crippen LogP) is 0.713. The standard InChI is InChI=1S/C52H96N6O20/c1-42(51(67)68)16-14-15-21-53-46(61)38-75-34-31-72-27-23-55-48(63)40-77-36-33-74-29-25-57-49(64)41-78-37-32-73-28-24-56-47(62)39-76-35-30-71-26-22-54-44(59)20-19-43(52(69)70)58-45(60)17-12-10-8-6-4-2-3-5-7-9-11-13-18-50(65)66/h42-43,51,67-68H,2-41H2,1H3,(H,53,61)(H,54,59)(H,55,63)(H,56,62)(H,57,64)(H,58,60)(H,65,66)(H,69,70)/t42-,43-/m0/s1. The summed E-state index contributed by atoms with van der Waals surface area (Å²) in [7, 11) is 0. The van der Waals surface area contributed by atoms with Gasteiger partial charge in [0.15, 0.2) is 6.29 Å². The maximum atomic E-state index is 12.3. The number of hydrogen-bond acceptors (Lipinski definition) is 18. The highest BCUT2D eigenvalue weighted by molar-refractivity contribution is 5.84. The molecular formula is C52H96N6O20. The monoisotopic (exact) mass is 1120 g/mol. The Balaban J connectivity index is 3.57. The van der Waals surface area contributed by atoms with Crippen LogP contribution in [0.5, 0.6) is 0 Å². The van der Waals surface area contributed by atoms with Gasteiger partial charge in [-0.15, -0.1) is 0 Å². The van der Waals surface area contributed by atoms with Gasteiger partial charge in [-0.05, 0) is 32.1 Å². The van der Waals surface area contributed by atoms with Crippen molar-refractivity contribution in [2.24, 2.45) is 5.92 Å². The van der Waals surface area contributed by atoms with Crippen molar-refractivity contribution in [3.8, 4) is 0 Å². The number of aliphatic hydroxyl groups is 2. The number of nitrogens with one attached hydrogen (secondary N) is 6. The third kappa shape index (κ3) is 53.4. The van der Waals surface area contributed by atoms with Crippen molar-refractivity contribution in [3.05, 3.63) is 0 Å². The number of ether oxygens (including phenoxy) is 8. The van der Waals surface area contributed by atoms with E-state index in [-0.39, 0.29) is 199 Å². The molecule has 0 rings (SSSR count). The number of rotatable bonds is 58. The van der Waals surface area contributed by atoms with Gasteiger partial charge < -0.3 is 90.2 Å². The molecule has 0 radical (unpaired) electrons. The van der Waals surface area contributed by atoms with Crippen molar-refractivity contribution in [1.29, 1.82) is 0 Å². The summed E-state index contributed by atoms with van der Waals surface area (Å²) >= 11 is 0. The predicted molar refractivity (Wildman–Crippen MR) is 284 cm³/mol. The maximum Gasteiger partial charge on any atom is 0.326 e. The summed E-state index contributed by atoms with van der Waals surface area (Å²) in [4.78, 5) is 94.3. The molecule has 0 aromatic carbocycles. The van der Waals surface area contributed by atoms with Gasteiger partial charge in [-0.2, -0.15) is 0 Å². The minimum absolute atomic E-state index is 0.0454. The van der Waals surface area contributed by atoms with Gasteiger partial charge in [0.1, 0.15) is 32.5 Å². The Hall–Kier alpha value is -4.64. The largest absolute Gasteiger partial charge is 0.481 e. The number of carbonyl (C=O) groups is 8. The number of aliphatic hydroxyl groups excluding tert-OH is 1. The van der Waals surface area contributed by atoms with Crippen LogP contribution in [0.2, 0.25) is 0 Å². The van der Waals surface area contributed by atoms with Crippen LogP contribution in [0.25, 0.3) is 0 Å². The molecule has 454 valence electrons. The normalized spacial score (nSPS) is 11.9. The second-order valence-corrected chi connectivity index (χ2v) is 18.4. The Morgan fingerprint density at radius 3 is 1.04 bits per heavy atom. The quantitative estimate of drug-likeness (QED) is 0.0296. The molecular weight excluding hydrogens is 1030 g/mol. The van der Waals surface area contributed by atoms with Crippen LogP contribution >= 0.6 is 0 Å². The molecule has 0 aliphatic carbocycles. The highest BCUT2D eigenvalue weighted by Gasteiger charge is 2.21. The van der Waals surface area contributed by atoms with Crippen molar-refractivity contribution >= 4 is 47.4 Å². The maximum absolute atomic E-state index is 12.3. The Bertz CT molecular complexity index is 1570. The number of aliphatic carboxylic acids is 2. The molecule has 0 aliphatic heterocycles. The van der Waals surface area contributed by atoms with Gasteiger partial charge in [-0.25, -0.2) is 4.79 Å². The highest BCUT2D eigenvalue weighted by atomic mass is 16.5. The highest BCUT2D eigenvalue weighted by Crippen LogP contribution is 2.14. The van der Waals surface area contributed by atoms with Gasteiger partial charge >= 0.3 is 11.9 Å². The molecule has 6 amide bonds. The number of carbonyl (C=O) groups excluding carboxylic acids is 6. The topological polar surface area (TPSA) is 364 Å². The zero-order valence-corrected chi connectivity index (χ0v) is 46.3. The summed E-state index contributed by atoms with van der Waals surface area (Å²) < 4.78 is 42.6. The van der Waals surface area contributed by atoms with Crippen LogP contribution in [0.1, 0.15) is 129 Å². The molecule has 0 bridgehead atoms. The Kier molecular flexibility index (Phi) is 51.1. The average Bonchev–Trinajstić information content (AvgIpc) is 3.40. The fourth-order valence-corrected chi connectivity index (χ4v) is 6.98. The van der Waals surface area contributed by atoms with Crippen molar-refractivity contribution in [1.82, 2.24) is 31.9 Å². The first-order chi connectivity index (χ1) is 37.7. The van der Waals surface area contributed by atoms with Crippen LogP contribution in [0.4, 0.5) is 0 Å². The van der Waals surface area contributed by atoms with E-state index in [9.17, 15) is 43.5 Å². The molecule has 0 aromatic rings. The van der Waals surface area contributed by atoms with Gasteiger partial charge in [0.25, 0.3) is 0 Å². The molecule has 0 saturated carbocycles. The molecule has 0 saturated heterocycles. The van der Waals surface area contributed by atoms with Crippen LogP contribution in [0.15, 0.2) is 0 Å². The van der Waals surface area contributed by atoms with E-state index >= 15 is 0 Å². The van der Waals surface area contributed by atoms with Gasteiger partial charge in [0, 0.05) is 57.9 Å². The lowest BCUT2D eigenvalue weighted by Gasteiger charge is -2.14. The third-order valence-electron chi connectivity index (χ3n) is 11.5. The molecule has 0 spiro atoms. The first-order valence-electron chi connectivity index (χ1n) is 27.8. The molecule has 0 fully saturated rings. The van der Waals surface area contributed by atoms with Crippen molar-refractivity contribution < 1.29 is 96.7 Å². The lowest BCUT2D eigenvalue weighted by atomic mass is 10.0. The first-order valence-corrected chi connectivity index (χ1v) is 27.8. The van der Waals surface area contributed by atoms with E-state index in [2.05, 4.69) is 31.9 Å². The summed E-state index contributed by atoms with van der Waals surface area (Å²) in [5, 5.41) is 52.2. The van der Waals surface area contributed by atoms with E-state index in [4.69, 9.17) is 53.2 Å². The molecule has 26 nitrogen and oxygen atoms in total. The van der Waals surface area contributed by atoms with Crippen molar-refractivity contribution in [2.75, 3.05) is 138 Å². The minimum atomic E-state index is -1.33. The van der Waals surface area contributed by atoms with Crippen LogP contribution in [0, 0.1) is 5.92 Å². The third-order valence-corrected chi connectivity index (χ3v) is 11.5. The molecule has 2 atom stereocenters. The number of amides is 6. The second kappa shape index (κ2) is 54.3. The molecule has 0 unspecified atom stereocenters. The lowest BCUT2D eigenvalue weighted by molar-refractivity contribution is -0.142. The average molecular weight is 1130 g/mol. The summed E-state index contributed by atoms with van der Waals surface area (Å²) in [6.07, 6.45) is 13.4. The summed E-state index contributed by atoms with van der Waals surface area (Å²) in [6.45, 7) is 5.06. The van der Waals surface area contributed by atoms with Crippen molar-refractivity contribution in [3.63, 3.8) is 0 Å². The Morgan fingerprint density at radius 2 is 0.679 bits per heavy atom. The minimum Gasteiger partial charge on any atom is -0.481 e. The number of carboxylic acid groups (broad SMARTS) is 2. The van der Waals surface area contributed by atoms with Gasteiger partial charge in [-0.3, -0.25) is 33.6 Å². The Labute approximate surface area is 460 Å². The van der Waals surface area contributed by atoms with Crippen LogP contribution < -0.4 is 31.9 Å². The molecule has 26 heteroatoms. The van der Waals surface area contributed by atoms with E-state index < -0.39 is 24.3 Å². The molecule has 0 heterocycles. The number of carboxylic acids is 2. The Morgan fingerprint density at radius 1 is 0.346 bits per heavy atom. The summed E-state index contributed by atoms with van der Waals surface area (Å²) in [6, 6.07) is -1.16. The van der Waals surface area contributed by atoms with E-state index in [1.165, 1.54) is 6.42 Å². The van der Waals surface area contributed by atoms with Crippen LogP contribution in [-0.4, -0.2) is 219 Å². The van der Waals surface area contributed by atoms with E-state index in [1.807, 2.05) is 0 Å². The van der Waals surface area contributed by atoms with Gasteiger partial charge in [0.2, 0.25) is 35.4 Å². The zero-order chi connectivity index (χ0) is 57.5. The first kappa shape index (κ1) is 73.4.